The van der Waals surface area contributed by atoms with E-state index in [2.05, 4.69) is 11.7 Å². The number of para-hydroxylation sites is 1. The fraction of sp³-hybridized carbons (Fsp3) is 0.154. The number of aryl methyl sites for hydroxylation is 1. The number of ether oxygens (including phenoxy) is 2. The van der Waals surface area contributed by atoms with E-state index in [1.54, 1.807) is 49.4 Å². The summed E-state index contributed by atoms with van der Waals surface area (Å²) in [5.41, 5.74) is 0.758. The second kappa shape index (κ2) is 10.7. The van der Waals surface area contributed by atoms with Crippen molar-refractivity contribution in [1.82, 2.24) is 0 Å². The fourth-order valence-corrected chi connectivity index (χ4v) is 3.24. The number of alkyl halides is 3. The third-order valence-electron chi connectivity index (χ3n) is 4.84. The van der Waals surface area contributed by atoms with Gasteiger partial charge in [0.05, 0.1) is 5.69 Å². The van der Waals surface area contributed by atoms with Gasteiger partial charge in [-0.1, -0.05) is 24.3 Å². The van der Waals surface area contributed by atoms with Gasteiger partial charge in [-0.3, -0.25) is 9.79 Å². The lowest BCUT2D eigenvalue weighted by molar-refractivity contribution is -0.139. The van der Waals surface area contributed by atoms with Crippen LogP contribution in [0.1, 0.15) is 30.0 Å². The highest BCUT2D eigenvalue weighted by atomic mass is 19.4. The second-order valence-corrected chi connectivity index (χ2v) is 7.23. The Kier molecular flexibility index (Phi) is 7.73. The molecular weight excluding hydrogens is 447 g/mol. The van der Waals surface area contributed by atoms with Crippen LogP contribution >= 0.6 is 0 Å². The molecule has 0 spiro atoms. The third-order valence-corrected chi connectivity index (χ3v) is 4.84. The maximum absolute atomic E-state index is 13.8. The van der Waals surface area contributed by atoms with Gasteiger partial charge in [-0.05, 0) is 74.2 Å². The van der Waals surface area contributed by atoms with Crippen LogP contribution in [0.25, 0.3) is 5.76 Å². The van der Waals surface area contributed by atoms with Crippen molar-refractivity contribution in [3.05, 3.63) is 89.5 Å². The number of hydrogen-bond donors (Lipinski definition) is 1. The molecule has 0 heterocycles. The number of rotatable bonds is 9. The Morgan fingerprint density at radius 3 is 2.50 bits per heavy atom. The first-order valence-corrected chi connectivity index (χ1v) is 10.3. The number of carboxylic acids is 1. The lowest BCUT2D eigenvalue weighted by Gasteiger charge is -2.17. The van der Waals surface area contributed by atoms with Gasteiger partial charge < -0.3 is 14.6 Å². The first-order valence-electron chi connectivity index (χ1n) is 10.3. The second-order valence-electron chi connectivity index (χ2n) is 7.23. The SMILES string of the molecule is C=Nc1ccccc1/C(=C\C)Oc1ccc(Oc2cccc(CCC(=O)O)c2)c(C(F)(F)F)c1. The topological polar surface area (TPSA) is 68.1 Å². The van der Waals surface area contributed by atoms with Crippen molar-refractivity contribution < 1.29 is 32.5 Å². The van der Waals surface area contributed by atoms with Crippen LogP contribution in [-0.2, 0) is 17.4 Å². The molecule has 0 aliphatic heterocycles. The van der Waals surface area contributed by atoms with Crippen molar-refractivity contribution in [1.29, 1.82) is 0 Å². The van der Waals surface area contributed by atoms with Crippen LogP contribution in [0.2, 0.25) is 0 Å². The fourth-order valence-electron chi connectivity index (χ4n) is 3.24. The van der Waals surface area contributed by atoms with E-state index in [0.29, 0.717) is 22.6 Å². The average Bonchev–Trinajstić information content (AvgIpc) is 2.81. The third kappa shape index (κ3) is 6.25. The van der Waals surface area contributed by atoms with Crippen LogP contribution in [0, 0.1) is 0 Å². The number of nitrogens with zero attached hydrogens (tertiary/aromatic N) is 1. The van der Waals surface area contributed by atoms with E-state index in [1.807, 2.05) is 0 Å². The van der Waals surface area contributed by atoms with Gasteiger partial charge in [0.25, 0.3) is 0 Å². The smallest absolute Gasteiger partial charge is 0.420 e. The maximum Gasteiger partial charge on any atom is 0.420 e. The van der Waals surface area contributed by atoms with Crippen LogP contribution in [0.4, 0.5) is 18.9 Å². The minimum absolute atomic E-state index is 0.0261. The molecule has 0 saturated heterocycles. The molecule has 3 rings (SSSR count). The lowest BCUT2D eigenvalue weighted by atomic mass is 10.1. The number of allylic oxidation sites excluding steroid dienone is 1. The number of halogens is 3. The van der Waals surface area contributed by atoms with Crippen molar-refractivity contribution in [2.75, 3.05) is 0 Å². The summed E-state index contributed by atoms with van der Waals surface area (Å²) in [6, 6.07) is 16.7. The number of carbonyl (C=O) groups is 1. The Labute approximate surface area is 194 Å². The Morgan fingerprint density at radius 1 is 1.06 bits per heavy atom. The molecule has 0 radical (unpaired) electrons. The van der Waals surface area contributed by atoms with E-state index in [0.717, 1.165) is 6.07 Å². The molecular formula is C26H22F3NO4. The molecule has 8 heteroatoms. The van der Waals surface area contributed by atoms with Crippen molar-refractivity contribution in [2.45, 2.75) is 25.9 Å². The number of hydrogen-bond acceptors (Lipinski definition) is 4. The van der Waals surface area contributed by atoms with Gasteiger partial charge in [0, 0.05) is 12.0 Å². The molecule has 0 saturated carbocycles. The maximum atomic E-state index is 13.8. The van der Waals surface area contributed by atoms with Crippen molar-refractivity contribution in [3.8, 4) is 17.2 Å². The van der Waals surface area contributed by atoms with Gasteiger partial charge in [0.2, 0.25) is 0 Å². The highest BCUT2D eigenvalue weighted by Gasteiger charge is 2.35. The molecule has 0 amide bonds. The van der Waals surface area contributed by atoms with E-state index >= 15 is 0 Å². The molecule has 1 N–H and O–H groups in total. The van der Waals surface area contributed by atoms with E-state index in [1.165, 1.54) is 24.3 Å². The van der Waals surface area contributed by atoms with Gasteiger partial charge in [0.15, 0.2) is 0 Å². The Bertz CT molecular complexity index is 1220. The molecule has 34 heavy (non-hydrogen) atoms. The monoisotopic (exact) mass is 469 g/mol. The molecule has 176 valence electrons. The first kappa shape index (κ1) is 24.6. The predicted octanol–water partition coefficient (Wildman–Crippen LogP) is 7.29. The molecule has 0 bridgehead atoms. The summed E-state index contributed by atoms with van der Waals surface area (Å²) < 4.78 is 52.8. The standard InChI is InChI=1S/C26H22F3NO4/c1-3-23(20-9-4-5-10-22(20)30-2)33-19-12-13-24(21(16-19)26(27,28)29)34-18-8-6-7-17(15-18)11-14-25(31)32/h3-10,12-13,15-16H,2,11,14H2,1H3,(H,31,32)/b23-3+. The zero-order chi connectivity index (χ0) is 24.7. The van der Waals surface area contributed by atoms with Crippen LogP contribution in [0.15, 0.2) is 77.8 Å². The minimum Gasteiger partial charge on any atom is -0.481 e. The normalized spacial score (nSPS) is 11.7. The Balaban J connectivity index is 1.90. The first-order chi connectivity index (χ1) is 16.2. The molecule has 0 fully saturated rings. The van der Waals surface area contributed by atoms with Gasteiger partial charge >= 0.3 is 12.1 Å². The number of carboxylic acid groups (broad SMARTS) is 1. The molecule has 0 aliphatic rings. The van der Waals surface area contributed by atoms with E-state index in [-0.39, 0.29) is 24.3 Å². The van der Waals surface area contributed by atoms with Crippen LogP contribution < -0.4 is 9.47 Å². The predicted molar refractivity (Wildman–Crippen MR) is 124 cm³/mol. The molecule has 0 unspecified atom stereocenters. The van der Waals surface area contributed by atoms with Crippen LogP contribution in [-0.4, -0.2) is 17.8 Å². The van der Waals surface area contributed by atoms with Crippen molar-refractivity contribution >= 4 is 24.1 Å². The molecule has 3 aromatic carbocycles. The van der Waals surface area contributed by atoms with Crippen LogP contribution in [0.5, 0.6) is 17.2 Å². The molecule has 0 aliphatic carbocycles. The van der Waals surface area contributed by atoms with Gasteiger partial charge in [-0.2, -0.15) is 13.2 Å². The zero-order valence-electron chi connectivity index (χ0n) is 18.3. The summed E-state index contributed by atoms with van der Waals surface area (Å²) in [6.45, 7) is 5.22. The summed E-state index contributed by atoms with van der Waals surface area (Å²) in [5.74, 6) is -0.890. The highest BCUT2D eigenvalue weighted by molar-refractivity contribution is 5.73. The van der Waals surface area contributed by atoms with Gasteiger partial charge in [-0.15, -0.1) is 0 Å². The van der Waals surface area contributed by atoms with Gasteiger partial charge in [0.1, 0.15) is 28.6 Å². The number of aliphatic carboxylic acids is 1. The number of benzene rings is 3. The summed E-state index contributed by atoms with van der Waals surface area (Å²) in [6.07, 6.45) is -2.93. The lowest BCUT2D eigenvalue weighted by Crippen LogP contribution is -2.08. The largest absolute Gasteiger partial charge is 0.481 e. The van der Waals surface area contributed by atoms with E-state index in [9.17, 15) is 18.0 Å². The Hall–Kier alpha value is -4.07. The van der Waals surface area contributed by atoms with Gasteiger partial charge in [-0.25, -0.2) is 0 Å². The average molecular weight is 469 g/mol. The van der Waals surface area contributed by atoms with Crippen molar-refractivity contribution in [2.24, 2.45) is 4.99 Å². The molecule has 3 aromatic rings. The minimum atomic E-state index is -4.70. The highest BCUT2D eigenvalue weighted by Crippen LogP contribution is 2.41. The summed E-state index contributed by atoms with van der Waals surface area (Å²) in [4.78, 5) is 14.7. The summed E-state index contributed by atoms with van der Waals surface area (Å²) in [5, 5.41) is 8.83. The molecule has 5 nitrogen and oxygen atoms in total. The summed E-state index contributed by atoms with van der Waals surface area (Å²) >= 11 is 0. The molecule has 0 atom stereocenters. The summed E-state index contributed by atoms with van der Waals surface area (Å²) in [7, 11) is 0. The van der Waals surface area contributed by atoms with E-state index in [4.69, 9.17) is 14.6 Å². The molecule has 0 aromatic heterocycles. The van der Waals surface area contributed by atoms with Crippen molar-refractivity contribution in [3.63, 3.8) is 0 Å². The zero-order valence-corrected chi connectivity index (χ0v) is 18.3. The van der Waals surface area contributed by atoms with Crippen LogP contribution in [0.3, 0.4) is 0 Å². The number of aliphatic imine (C=N–C) groups is 1. The Morgan fingerprint density at radius 2 is 1.82 bits per heavy atom. The van der Waals surface area contributed by atoms with E-state index < -0.39 is 23.5 Å². The quantitative estimate of drug-likeness (QED) is 0.264.